The number of likely N-dealkylation sites (tertiary alicyclic amines) is 1. The van der Waals surface area contributed by atoms with Crippen LogP contribution in [0.5, 0.6) is 0 Å². The van der Waals surface area contributed by atoms with E-state index in [1.54, 1.807) is 11.8 Å². The summed E-state index contributed by atoms with van der Waals surface area (Å²) in [4.78, 5) is 13.0. The van der Waals surface area contributed by atoms with Crippen LogP contribution in [0.1, 0.15) is 19.8 Å². The Labute approximate surface area is 72.3 Å². The Balaban J connectivity index is 2.46. The molecule has 0 spiro atoms. The van der Waals surface area contributed by atoms with Crippen LogP contribution in [-0.2, 0) is 4.79 Å². The summed E-state index contributed by atoms with van der Waals surface area (Å²) in [6, 6.07) is -0.350. The summed E-state index contributed by atoms with van der Waals surface area (Å²) >= 11 is 0. The molecule has 0 aliphatic carbocycles. The van der Waals surface area contributed by atoms with Crippen molar-refractivity contribution < 1.29 is 9.90 Å². The summed E-state index contributed by atoms with van der Waals surface area (Å²) in [5.74, 6) is -0.0258. The number of hydrogen-bond donors (Lipinski definition) is 2. The van der Waals surface area contributed by atoms with Crippen LogP contribution in [-0.4, -0.2) is 41.1 Å². The first kappa shape index (κ1) is 9.48. The molecule has 1 amide bonds. The van der Waals surface area contributed by atoms with Gasteiger partial charge >= 0.3 is 0 Å². The maximum Gasteiger partial charge on any atom is 0.239 e. The van der Waals surface area contributed by atoms with E-state index in [4.69, 9.17) is 10.8 Å². The fourth-order valence-electron chi connectivity index (χ4n) is 1.47. The van der Waals surface area contributed by atoms with Gasteiger partial charge in [0, 0.05) is 13.1 Å². The van der Waals surface area contributed by atoms with E-state index in [9.17, 15) is 4.79 Å². The maximum atomic E-state index is 11.4. The predicted molar refractivity (Wildman–Crippen MR) is 45.5 cm³/mol. The third-order valence-electron chi connectivity index (χ3n) is 2.06. The molecular weight excluding hydrogens is 156 g/mol. The Morgan fingerprint density at radius 3 is 3.08 bits per heavy atom. The fraction of sp³-hybridized carbons (Fsp3) is 0.875. The first-order valence-corrected chi connectivity index (χ1v) is 4.33. The normalized spacial score (nSPS) is 27.4. The average molecular weight is 172 g/mol. The molecule has 4 heteroatoms. The van der Waals surface area contributed by atoms with E-state index in [0.717, 1.165) is 19.4 Å². The first-order valence-electron chi connectivity index (χ1n) is 4.33. The van der Waals surface area contributed by atoms with Crippen molar-refractivity contribution in [3.8, 4) is 0 Å². The van der Waals surface area contributed by atoms with Crippen molar-refractivity contribution in [3.05, 3.63) is 0 Å². The molecule has 12 heavy (non-hydrogen) atoms. The monoisotopic (exact) mass is 172 g/mol. The van der Waals surface area contributed by atoms with Crippen LogP contribution < -0.4 is 5.73 Å². The van der Waals surface area contributed by atoms with Gasteiger partial charge in [0.15, 0.2) is 0 Å². The zero-order valence-corrected chi connectivity index (χ0v) is 7.36. The van der Waals surface area contributed by atoms with E-state index in [1.807, 2.05) is 0 Å². The van der Waals surface area contributed by atoms with Crippen LogP contribution in [0.15, 0.2) is 0 Å². The van der Waals surface area contributed by atoms with Gasteiger partial charge in [-0.05, 0) is 19.8 Å². The highest BCUT2D eigenvalue weighted by atomic mass is 16.3. The van der Waals surface area contributed by atoms with Crippen molar-refractivity contribution in [2.75, 3.05) is 13.1 Å². The van der Waals surface area contributed by atoms with Crippen LogP contribution in [0.2, 0.25) is 0 Å². The minimum Gasteiger partial charge on any atom is -0.392 e. The van der Waals surface area contributed by atoms with Crippen molar-refractivity contribution >= 4 is 5.91 Å². The lowest BCUT2D eigenvalue weighted by Crippen LogP contribution is -2.50. The van der Waals surface area contributed by atoms with Gasteiger partial charge in [-0.3, -0.25) is 4.79 Å². The number of aliphatic hydroxyl groups excluding tert-OH is 1. The molecule has 1 saturated heterocycles. The quantitative estimate of drug-likeness (QED) is 0.580. The van der Waals surface area contributed by atoms with Crippen LogP contribution in [0, 0.1) is 0 Å². The van der Waals surface area contributed by atoms with Crippen LogP contribution in [0.3, 0.4) is 0 Å². The molecular formula is C8H16N2O2. The second-order valence-corrected chi connectivity index (χ2v) is 3.38. The molecule has 4 nitrogen and oxygen atoms in total. The van der Waals surface area contributed by atoms with Gasteiger partial charge in [0.1, 0.15) is 0 Å². The van der Waals surface area contributed by atoms with Crippen molar-refractivity contribution in [2.24, 2.45) is 5.73 Å². The highest BCUT2D eigenvalue weighted by molar-refractivity contribution is 5.82. The minimum atomic E-state index is -0.459. The summed E-state index contributed by atoms with van der Waals surface area (Å²) in [5, 5.41) is 9.07. The molecule has 70 valence electrons. The highest BCUT2D eigenvalue weighted by Gasteiger charge is 2.25. The van der Waals surface area contributed by atoms with E-state index in [-0.39, 0.29) is 11.9 Å². The lowest BCUT2D eigenvalue weighted by atomic mass is 10.1. The van der Waals surface area contributed by atoms with Crippen molar-refractivity contribution in [1.82, 2.24) is 4.90 Å². The topological polar surface area (TPSA) is 66.6 Å². The van der Waals surface area contributed by atoms with E-state index < -0.39 is 6.10 Å². The van der Waals surface area contributed by atoms with Gasteiger partial charge in [-0.15, -0.1) is 0 Å². The molecule has 1 heterocycles. The predicted octanol–water partition coefficient (Wildman–Crippen LogP) is -0.683. The number of β-amino-alcohol motifs (C(OH)–C–C–N with tert-alkyl or cyclic N) is 1. The molecule has 0 aromatic rings. The molecule has 1 aliphatic rings. The first-order chi connectivity index (χ1) is 5.61. The second kappa shape index (κ2) is 3.87. The molecule has 0 aromatic heterocycles. The van der Waals surface area contributed by atoms with Gasteiger partial charge in [0.05, 0.1) is 12.1 Å². The molecule has 1 fully saturated rings. The SMILES string of the molecule is CC(O)CN1CCCC(N)C1=O. The van der Waals surface area contributed by atoms with E-state index in [2.05, 4.69) is 0 Å². The van der Waals surface area contributed by atoms with E-state index in [0.29, 0.717) is 6.54 Å². The van der Waals surface area contributed by atoms with Gasteiger partial charge in [-0.25, -0.2) is 0 Å². The Kier molecular flexibility index (Phi) is 3.05. The summed E-state index contributed by atoms with van der Waals surface area (Å²) in [7, 11) is 0. The summed E-state index contributed by atoms with van der Waals surface area (Å²) in [5.41, 5.74) is 5.57. The number of piperidine rings is 1. The number of nitrogens with zero attached hydrogens (tertiary/aromatic N) is 1. The molecule has 2 unspecified atom stereocenters. The Morgan fingerprint density at radius 1 is 1.83 bits per heavy atom. The Morgan fingerprint density at radius 2 is 2.50 bits per heavy atom. The van der Waals surface area contributed by atoms with Gasteiger partial charge in [-0.1, -0.05) is 0 Å². The smallest absolute Gasteiger partial charge is 0.239 e. The molecule has 1 rings (SSSR count). The van der Waals surface area contributed by atoms with Gasteiger partial charge in [-0.2, -0.15) is 0 Å². The number of aliphatic hydroxyl groups is 1. The van der Waals surface area contributed by atoms with Crippen molar-refractivity contribution in [3.63, 3.8) is 0 Å². The Hall–Kier alpha value is -0.610. The lowest BCUT2D eigenvalue weighted by Gasteiger charge is -2.31. The third kappa shape index (κ3) is 2.19. The molecule has 0 radical (unpaired) electrons. The van der Waals surface area contributed by atoms with Gasteiger partial charge in [0.2, 0.25) is 5.91 Å². The summed E-state index contributed by atoms with van der Waals surface area (Å²) < 4.78 is 0. The summed E-state index contributed by atoms with van der Waals surface area (Å²) in [6.45, 7) is 2.82. The van der Waals surface area contributed by atoms with Crippen molar-refractivity contribution in [2.45, 2.75) is 31.9 Å². The van der Waals surface area contributed by atoms with Crippen LogP contribution >= 0.6 is 0 Å². The molecule has 1 aliphatic heterocycles. The third-order valence-corrected chi connectivity index (χ3v) is 2.06. The summed E-state index contributed by atoms with van der Waals surface area (Å²) in [6.07, 6.45) is 1.26. The molecule has 0 aromatic carbocycles. The van der Waals surface area contributed by atoms with Crippen LogP contribution in [0.4, 0.5) is 0 Å². The maximum absolute atomic E-state index is 11.4. The van der Waals surface area contributed by atoms with E-state index in [1.165, 1.54) is 0 Å². The number of rotatable bonds is 2. The second-order valence-electron chi connectivity index (χ2n) is 3.38. The van der Waals surface area contributed by atoms with E-state index >= 15 is 0 Å². The average Bonchev–Trinajstić information content (AvgIpc) is 1.98. The number of carbonyl (C=O) groups excluding carboxylic acids is 1. The minimum absolute atomic E-state index is 0.0258. The zero-order chi connectivity index (χ0) is 9.14. The Bertz CT molecular complexity index is 170. The van der Waals surface area contributed by atoms with Gasteiger partial charge in [0.25, 0.3) is 0 Å². The molecule has 2 atom stereocenters. The number of amides is 1. The lowest BCUT2D eigenvalue weighted by molar-refractivity contribution is -0.136. The highest BCUT2D eigenvalue weighted by Crippen LogP contribution is 2.09. The number of hydrogen-bond acceptors (Lipinski definition) is 3. The molecule has 3 N–H and O–H groups in total. The zero-order valence-electron chi connectivity index (χ0n) is 7.36. The molecule has 0 saturated carbocycles. The fourth-order valence-corrected chi connectivity index (χ4v) is 1.47. The largest absolute Gasteiger partial charge is 0.392 e. The van der Waals surface area contributed by atoms with Crippen molar-refractivity contribution in [1.29, 1.82) is 0 Å². The standard InChI is InChI=1S/C8H16N2O2/c1-6(11)5-10-4-2-3-7(9)8(10)12/h6-7,11H,2-5,9H2,1H3. The number of carbonyl (C=O) groups is 1. The number of nitrogens with two attached hydrogens (primary N) is 1. The van der Waals surface area contributed by atoms with Gasteiger partial charge < -0.3 is 15.7 Å². The van der Waals surface area contributed by atoms with Crippen LogP contribution in [0.25, 0.3) is 0 Å². The molecule has 0 bridgehead atoms.